The predicted octanol–water partition coefficient (Wildman–Crippen LogP) is 4.94. The summed E-state index contributed by atoms with van der Waals surface area (Å²) >= 11 is 0. The van der Waals surface area contributed by atoms with Gasteiger partial charge in [0.15, 0.2) is 0 Å². The molecular weight excluding hydrogens is 396 g/mol. The smallest absolute Gasteiger partial charge is 0.305 e. The number of esters is 1. The molecule has 0 bridgehead atoms. The van der Waals surface area contributed by atoms with Gasteiger partial charge in [-0.25, -0.2) is 0 Å². The molecule has 0 saturated heterocycles. The van der Waals surface area contributed by atoms with Crippen molar-refractivity contribution in [1.29, 1.82) is 0 Å². The van der Waals surface area contributed by atoms with Gasteiger partial charge in [-0.1, -0.05) is 75.8 Å². The normalized spacial score (nSPS) is 11.0. The molecule has 0 spiro atoms. The Morgan fingerprint density at radius 3 is 1.77 bits per heavy atom. The van der Waals surface area contributed by atoms with Crippen LogP contribution in [0, 0.1) is 0 Å². The maximum Gasteiger partial charge on any atom is 0.305 e. The third kappa shape index (κ3) is 19.0. The number of hydrogen-bond acceptors (Lipinski definition) is 6. The molecule has 0 atom stereocenters. The first-order chi connectivity index (χ1) is 15.3. The van der Waals surface area contributed by atoms with Gasteiger partial charge in [-0.05, 0) is 12.0 Å². The van der Waals surface area contributed by atoms with Crippen LogP contribution in [0.4, 0.5) is 0 Å². The Morgan fingerprint density at radius 1 is 0.645 bits per heavy atom. The number of hydrogen-bond donors (Lipinski definition) is 0. The van der Waals surface area contributed by atoms with Crippen LogP contribution in [0.5, 0.6) is 0 Å². The lowest BCUT2D eigenvalue weighted by Crippen LogP contribution is -2.14. The molecule has 0 aromatic heterocycles. The molecule has 6 heteroatoms. The van der Waals surface area contributed by atoms with Crippen molar-refractivity contribution in [2.45, 2.75) is 64.9 Å². The highest BCUT2D eigenvalue weighted by Gasteiger charge is 2.02. The Bertz CT molecular complexity index is 508. The molecule has 0 fully saturated rings. The Balaban J connectivity index is 1.72. The van der Waals surface area contributed by atoms with Crippen molar-refractivity contribution in [2.75, 3.05) is 52.9 Å². The van der Waals surface area contributed by atoms with E-state index < -0.39 is 0 Å². The molecule has 0 aliphatic carbocycles. The molecule has 0 unspecified atom stereocenters. The van der Waals surface area contributed by atoms with E-state index in [-0.39, 0.29) is 5.97 Å². The van der Waals surface area contributed by atoms with Crippen molar-refractivity contribution < 1.29 is 28.5 Å². The lowest BCUT2D eigenvalue weighted by Gasteiger charge is -2.08. The van der Waals surface area contributed by atoms with Gasteiger partial charge in [0, 0.05) is 6.42 Å². The average molecular weight is 439 g/mol. The number of benzene rings is 1. The Kier molecular flexibility index (Phi) is 19.3. The van der Waals surface area contributed by atoms with Crippen LogP contribution >= 0.6 is 0 Å². The molecule has 1 aromatic carbocycles. The summed E-state index contributed by atoms with van der Waals surface area (Å²) in [5.41, 5.74) is 1.16. The molecule has 0 aliphatic rings. The third-order valence-corrected chi connectivity index (χ3v) is 4.70. The van der Waals surface area contributed by atoms with Crippen molar-refractivity contribution in [3.63, 3.8) is 0 Å². The standard InChI is InChI=1S/C25H42O6/c1-2-3-4-5-6-7-11-14-25(26)31-22-21-29-18-17-27-15-16-28-19-20-30-23-24-12-9-8-10-13-24/h8-10,12-13H,2-7,11,14-23H2,1H3. The van der Waals surface area contributed by atoms with Gasteiger partial charge in [-0.2, -0.15) is 0 Å². The first kappa shape index (κ1) is 27.6. The van der Waals surface area contributed by atoms with Gasteiger partial charge in [0.05, 0.1) is 52.9 Å². The summed E-state index contributed by atoms with van der Waals surface area (Å²) in [5.74, 6) is -0.127. The summed E-state index contributed by atoms with van der Waals surface area (Å²) in [4.78, 5) is 11.6. The second-order valence-corrected chi connectivity index (χ2v) is 7.47. The number of carbonyl (C=O) groups excluding carboxylic acids is 1. The molecule has 1 rings (SSSR count). The highest BCUT2D eigenvalue weighted by Crippen LogP contribution is 2.08. The number of unbranched alkanes of at least 4 members (excludes halogenated alkanes) is 6. The minimum atomic E-state index is -0.127. The molecular formula is C25H42O6. The molecule has 0 N–H and O–H groups in total. The zero-order chi connectivity index (χ0) is 22.2. The lowest BCUT2D eigenvalue weighted by atomic mass is 10.1. The van der Waals surface area contributed by atoms with E-state index in [4.69, 9.17) is 23.7 Å². The number of rotatable bonds is 22. The molecule has 0 aliphatic heterocycles. The highest BCUT2D eigenvalue weighted by atomic mass is 16.6. The Morgan fingerprint density at radius 2 is 1.16 bits per heavy atom. The van der Waals surface area contributed by atoms with E-state index in [1.54, 1.807) is 0 Å². The molecule has 6 nitrogen and oxygen atoms in total. The molecule has 0 saturated carbocycles. The summed E-state index contributed by atoms with van der Waals surface area (Å²) in [6.45, 7) is 6.69. The average Bonchev–Trinajstić information content (AvgIpc) is 2.79. The zero-order valence-corrected chi connectivity index (χ0v) is 19.4. The van der Waals surface area contributed by atoms with E-state index in [1.165, 1.54) is 32.1 Å². The van der Waals surface area contributed by atoms with Gasteiger partial charge in [0.25, 0.3) is 0 Å². The molecule has 0 radical (unpaired) electrons. The Hall–Kier alpha value is -1.47. The van der Waals surface area contributed by atoms with E-state index in [9.17, 15) is 4.79 Å². The highest BCUT2D eigenvalue weighted by molar-refractivity contribution is 5.69. The van der Waals surface area contributed by atoms with Gasteiger partial charge in [0.2, 0.25) is 0 Å². The number of carbonyl (C=O) groups is 1. The van der Waals surface area contributed by atoms with Crippen molar-refractivity contribution in [3.05, 3.63) is 35.9 Å². The third-order valence-electron chi connectivity index (χ3n) is 4.70. The topological polar surface area (TPSA) is 63.2 Å². The SMILES string of the molecule is CCCCCCCCCC(=O)OCCOCCOCCOCCOCc1ccccc1. The van der Waals surface area contributed by atoms with Crippen LogP contribution in [0.15, 0.2) is 30.3 Å². The van der Waals surface area contributed by atoms with Crippen molar-refractivity contribution in [3.8, 4) is 0 Å². The summed E-state index contributed by atoms with van der Waals surface area (Å²) in [7, 11) is 0. The summed E-state index contributed by atoms with van der Waals surface area (Å²) in [5, 5.41) is 0. The van der Waals surface area contributed by atoms with Gasteiger partial charge < -0.3 is 23.7 Å². The van der Waals surface area contributed by atoms with E-state index in [0.717, 1.165) is 18.4 Å². The van der Waals surface area contributed by atoms with Crippen LogP contribution in [-0.2, 0) is 35.1 Å². The van der Waals surface area contributed by atoms with Crippen molar-refractivity contribution in [2.24, 2.45) is 0 Å². The van der Waals surface area contributed by atoms with Crippen LogP contribution in [-0.4, -0.2) is 58.8 Å². The van der Waals surface area contributed by atoms with Crippen LogP contribution in [0.25, 0.3) is 0 Å². The number of ether oxygens (including phenoxy) is 5. The zero-order valence-electron chi connectivity index (χ0n) is 19.4. The predicted molar refractivity (Wildman–Crippen MR) is 122 cm³/mol. The largest absolute Gasteiger partial charge is 0.463 e. The molecule has 1 aromatic rings. The lowest BCUT2D eigenvalue weighted by molar-refractivity contribution is -0.145. The van der Waals surface area contributed by atoms with E-state index in [1.807, 2.05) is 30.3 Å². The maximum absolute atomic E-state index is 11.6. The summed E-state index contributed by atoms with van der Waals surface area (Å²) in [6, 6.07) is 10.1. The Labute approximate surface area is 188 Å². The molecule has 0 amide bonds. The fraction of sp³-hybridized carbons (Fsp3) is 0.720. The summed E-state index contributed by atoms with van der Waals surface area (Å²) < 4.78 is 27.0. The quantitative estimate of drug-likeness (QED) is 0.189. The van der Waals surface area contributed by atoms with Crippen LogP contribution in [0.3, 0.4) is 0 Å². The fourth-order valence-electron chi connectivity index (χ4n) is 2.94. The van der Waals surface area contributed by atoms with Gasteiger partial charge >= 0.3 is 5.97 Å². The second kappa shape index (κ2) is 21.8. The van der Waals surface area contributed by atoms with Crippen molar-refractivity contribution >= 4 is 5.97 Å². The van der Waals surface area contributed by atoms with Crippen LogP contribution in [0.2, 0.25) is 0 Å². The minimum absolute atomic E-state index is 0.127. The van der Waals surface area contributed by atoms with Crippen LogP contribution < -0.4 is 0 Å². The van der Waals surface area contributed by atoms with Crippen molar-refractivity contribution in [1.82, 2.24) is 0 Å². The molecule has 31 heavy (non-hydrogen) atoms. The van der Waals surface area contributed by atoms with Gasteiger partial charge in [-0.15, -0.1) is 0 Å². The molecule has 178 valence electrons. The maximum atomic E-state index is 11.6. The van der Waals surface area contributed by atoms with E-state index >= 15 is 0 Å². The summed E-state index contributed by atoms with van der Waals surface area (Å²) in [6.07, 6.45) is 8.90. The van der Waals surface area contributed by atoms with Crippen LogP contribution in [0.1, 0.15) is 63.9 Å². The first-order valence-electron chi connectivity index (χ1n) is 11.8. The first-order valence-corrected chi connectivity index (χ1v) is 11.8. The monoisotopic (exact) mass is 438 g/mol. The van der Waals surface area contributed by atoms with Gasteiger partial charge in [-0.3, -0.25) is 4.79 Å². The van der Waals surface area contributed by atoms with E-state index in [2.05, 4.69) is 6.92 Å². The second-order valence-electron chi connectivity index (χ2n) is 7.47. The minimum Gasteiger partial charge on any atom is -0.463 e. The van der Waals surface area contributed by atoms with Gasteiger partial charge in [0.1, 0.15) is 6.61 Å². The van der Waals surface area contributed by atoms with E-state index in [0.29, 0.717) is 65.9 Å². The molecule has 0 heterocycles. The fourth-order valence-corrected chi connectivity index (χ4v) is 2.94.